The van der Waals surface area contributed by atoms with E-state index in [1.165, 1.54) is 103 Å². The van der Waals surface area contributed by atoms with E-state index in [4.69, 9.17) is 75.8 Å². The van der Waals surface area contributed by atoms with Crippen LogP contribution in [-0.4, -0.2) is 468 Å². The van der Waals surface area contributed by atoms with E-state index in [2.05, 4.69) is 35.1 Å². The van der Waals surface area contributed by atoms with Gasteiger partial charge in [-0.25, -0.2) is 4.79 Å². The summed E-state index contributed by atoms with van der Waals surface area (Å²) in [5, 5.41) is 283. The molecule has 0 aromatic rings. The molecule has 0 aromatic carbocycles. The molecular formula is C93H164N4O45. The molecule has 0 aliphatic carbocycles. The van der Waals surface area contributed by atoms with Crippen LogP contribution in [0, 0.1) is 0 Å². The summed E-state index contributed by atoms with van der Waals surface area (Å²) in [6, 6.07) is -6.92. The highest BCUT2D eigenvalue weighted by molar-refractivity contribution is 5.77. The Labute approximate surface area is 825 Å². The Morgan fingerprint density at radius 3 is 1.20 bits per heavy atom. The average Bonchev–Trinajstić information content (AvgIpc) is 0.757. The number of ether oxygens (including phenoxy) is 16. The first-order chi connectivity index (χ1) is 67.8. The molecule has 4 amide bonds. The van der Waals surface area contributed by atoms with Crippen LogP contribution in [0.3, 0.4) is 0 Å². The molecule has 0 saturated carbocycles. The van der Waals surface area contributed by atoms with Crippen LogP contribution in [0.25, 0.3) is 0 Å². The number of allylic oxidation sites excluding steroid dienone is 1. The van der Waals surface area contributed by atoms with Gasteiger partial charge >= 0.3 is 5.97 Å². The smallest absolute Gasteiger partial charge is 0.364 e. The molecule has 0 radical (unpaired) electrons. The van der Waals surface area contributed by atoms with Gasteiger partial charge in [0.25, 0.3) is 5.79 Å². The molecule has 16 unspecified atom stereocenters. The quantitative estimate of drug-likeness (QED) is 0.0199. The molecule has 0 bridgehead atoms. The number of unbranched alkanes of at least 4 members (excludes halogenated alkanes) is 25. The van der Waals surface area contributed by atoms with Crippen LogP contribution in [0.2, 0.25) is 0 Å². The van der Waals surface area contributed by atoms with Gasteiger partial charge in [0.2, 0.25) is 23.6 Å². The Morgan fingerprint density at radius 1 is 0.380 bits per heavy atom. The summed E-state index contributed by atoms with van der Waals surface area (Å²) in [4.78, 5) is 66.1. The molecule has 142 heavy (non-hydrogen) atoms. The number of carbonyl (C=O) groups excluding carboxylic acids is 4. The van der Waals surface area contributed by atoms with E-state index in [1.54, 1.807) is 6.08 Å². The molecule has 49 nitrogen and oxygen atoms in total. The Bertz CT molecular complexity index is 3620. The predicted octanol–water partition coefficient (Wildman–Crippen LogP) is -6.40. The van der Waals surface area contributed by atoms with E-state index in [0.29, 0.717) is 12.8 Å². The van der Waals surface area contributed by atoms with Crippen molar-refractivity contribution in [2.24, 2.45) is 0 Å². The van der Waals surface area contributed by atoms with Crippen LogP contribution in [0.15, 0.2) is 12.2 Å². The first kappa shape index (κ1) is 123. The number of amides is 4. The molecule has 8 aliphatic heterocycles. The van der Waals surface area contributed by atoms with Crippen molar-refractivity contribution in [3.63, 3.8) is 0 Å². The third-order valence-electron chi connectivity index (χ3n) is 27.3. The average molecular weight is 2060 g/mol. The Kier molecular flexibility index (Phi) is 53.4. The van der Waals surface area contributed by atoms with Gasteiger partial charge in [0.05, 0.1) is 83.3 Å². The number of rotatable bonds is 61. The second-order valence-electron chi connectivity index (χ2n) is 38.4. The number of hydrogen-bond acceptors (Lipinski definition) is 44. The highest BCUT2D eigenvalue weighted by Gasteiger charge is 2.64. The largest absolute Gasteiger partial charge is 0.477 e. The summed E-state index contributed by atoms with van der Waals surface area (Å²) >= 11 is 0. The molecule has 43 atom stereocenters. The number of aliphatic hydroxyl groups is 23. The monoisotopic (exact) mass is 2060 g/mol. The lowest BCUT2D eigenvalue weighted by molar-refractivity contribution is -0.398. The maximum absolute atomic E-state index is 13.7. The molecule has 8 fully saturated rings. The molecule has 49 heteroatoms. The second kappa shape index (κ2) is 61.7. The molecule has 0 spiro atoms. The van der Waals surface area contributed by atoms with Crippen molar-refractivity contribution in [2.45, 2.75) is 491 Å². The molecular weight excluding hydrogens is 1890 g/mol. The number of aliphatic hydroxyl groups excluding tert-OH is 23. The van der Waals surface area contributed by atoms with Gasteiger partial charge in [0, 0.05) is 33.6 Å². The molecule has 8 aliphatic rings. The van der Waals surface area contributed by atoms with Crippen molar-refractivity contribution in [1.82, 2.24) is 21.3 Å². The summed E-state index contributed by atoms with van der Waals surface area (Å²) in [5.74, 6) is -8.64. The fourth-order valence-corrected chi connectivity index (χ4v) is 19.1. The van der Waals surface area contributed by atoms with E-state index in [9.17, 15) is 147 Å². The Hall–Kier alpha value is -4.47. The van der Waals surface area contributed by atoms with Crippen molar-refractivity contribution in [1.29, 1.82) is 0 Å². The summed E-state index contributed by atoms with van der Waals surface area (Å²) in [6.07, 6.45) is -47.5. The van der Waals surface area contributed by atoms with Crippen molar-refractivity contribution < 1.29 is 222 Å². The fourth-order valence-electron chi connectivity index (χ4n) is 19.1. The molecule has 28 N–H and O–H groups in total. The van der Waals surface area contributed by atoms with Gasteiger partial charge in [-0.05, 0) is 26.2 Å². The van der Waals surface area contributed by atoms with Gasteiger partial charge in [-0.2, -0.15) is 0 Å². The number of hydrogen-bond donors (Lipinski definition) is 28. The summed E-state index contributed by atoms with van der Waals surface area (Å²) in [7, 11) is 0. The molecule has 826 valence electrons. The van der Waals surface area contributed by atoms with Gasteiger partial charge in [-0.15, -0.1) is 0 Å². The van der Waals surface area contributed by atoms with Crippen molar-refractivity contribution in [3.8, 4) is 0 Å². The van der Waals surface area contributed by atoms with Gasteiger partial charge < -0.3 is 220 Å². The topological polar surface area (TPSA) is 767 Å². The summed E-state index contributed by atoms with van der Waals surface area (Å²) in [6.45, 7) is -0.219. The van der Waals surface area contributed by atoms with Gasteiger partial charge in [0.15, 0.2) is 44.0 Å². The second-order valence-corrected chi connectivity index (χ2v) is 38.4. The zero-order valence-electron chi connectivity index (χ0n) is 81.9. The maximum Gasteiger partial charge on any atom is 0.364 e. The van der Waals surface area contributed by atoms with Crippen LogP contribution in [0.1, 0.15) is 228 Å². The number of carboxylic acid groups (broad SMARTS) is 1. The van der Waals surface area contributed by atoms with Crippen molar-refractivity contribution in [2.75, 3.05) is 52.9 Å². The highest BCUT2D eigenvalue weighted by atomic mass is 16.8. The minimum Gasteiger partial charge on any atom is -0.477 e. The molecule has 8 rings (SSSR count). The number of carboxylic acids is 1. The van der Waals surface area contributed by atoms with Crippen LogP contribution >= 0.6 is 0 Å². The van der Waals surface area contributed by atoms with Gasteiger partial charge in [0.1, 0.15) is 183 Å². The third-order valence-corrected chi connectivity index (χ3v) is 27.3. The summed E-state index contributed by atoms with van der Waals surface area (Å²) in [5.41, 5.74) is 0. The number of carbonyl (C=O) groups is 5. The Balaban J connectivity index is 0.989. The van der Waals surface area contributed by atoms with Crippen LogP contribution in [0.5, 0.6) is 0 Å². The predicted molar refractivity (Wildman–Crippen MR) is 486 cm³/mol. The molecule has 8 saturated heterocycles. The van der Waals surface area contributed by atoms with Gasteiger partial charge in [-0.1, -0.05) is 180 Å². The van der Waals surface area contributed by atoms with Crippen LogP contribution < -0.4 is 21.3 Å². The third kappa shape index (κ3) is 34.3. The number of nitrogens with one attached hydrogen (secondary N) is 4. The van der Waals surface area contributed by atoms with E-state index < -0.39 is 346 Å². The van der Waals surface area contributed by atoms with E-state index >= 15 is 0 Å². The first-order valence-corrected chi connectivity index (χ1v) is 50.5. The lowest BCUT2D eigenvalue weighted by Crippen LogP contribution is -2.72. The summed E-state index contributed by atoms with van der Waals surface area (Å²) < 4.78 is 96.6. The van der Waals surface area contributed by atoms with Crippen LogP contribution in [0.4, 0.5) is 0 Å². The minimum atomic E-state index is -3.28. The van der Waals surface area contributed by atoms with Crippen LogP contribution in [-0.2, 0) is 99.8 Å². The van der Waals surface area contributed by atoms with Crippen molar-refractivity contribution >= 4 is 29.6 Å². The molecule has 8 heterocycles. The van der Waals surface area contributed by atoms with Gasteiger partial charge in [-0.3, -0.25) is 19.2 Å². The zero-order chi connectivity index (χ0) is 104. The van der Waals surface area contributed by atoms with E-state index in [-0.39, 0.29) is 12.3 Å². The Morgan fingerprint density at radius 2 is 0.746 bits per heavy atom. The minimum absolute atomic E-state index is 0.130. The zero-order valence-corrected chi connectivity index (χ0v) is 81.9. The number of aliphatic carboxylic acids is 1. The standard InChI is InChI=1S/C93H164N4O45/c1-7-9-11-13-15-17-19-21-22-24-26-28-30-32-34-36-60(111)97-50(51(108)35-33-31-29-27-25-23-20-18-16-14-12-10-8-2)45-127-87-73(121)71(119)78(58(43-103)134-87)136-89-74(122)83(67(115)54(39-99)129-89)140-86-63(96-49(6)107)81(138-88-72(120)70(118)64(112)46(3)128-88)79(59(44-104)133-86)137-90-75(123)82(66(114)55(40-100)130-90)139-85-62(95-48(5)106)69(117)77(57(42-102)132-85)135-91-76(124)84(68(116)56(41-101)131-91)142-93(92(125)126)37-52(109)61(94-47(4)105)80(141-93)65(113)53(110)38-98/h33,35,46,50-59,61-91,98-104,108-110,112-124H,7-32,34,36-45H2,1-6H3,(H,94,105)(H,95,106)(H,96,107)(H,97,111)(H,125,126)/b35-33+/t46?,50-,51+,52?,53+,54?,55?,56?,57?,58?,59?,61+,62?,63?,64+,65+,66-,67-,68-,69+,70?,71+,72-,73?,74?,75?,76?,77+,78+,79+,80?,81+,82-,83-,84-,85-,86-,87+,88+,89-,90-,91-,93-/m0/s1. The molecule has 0 aromatic heterocycles. The highest BCUT2D eigenvalue weighted by Crippen LogP contribution is 2.43. The first-order valence-electron chi connectivity index (χ1n) is 50.5. The van der Waals surface area contributed by atoms with Crippen molar-refractivity contribution in [3.05, 3.63) is 12.2 Å². The maximum atomic E-state index is 13.7. The van der Waals surface area contributed by atoms with E-state index in [0.717, 1.165) is 85.0 Å². The lowest BCUT2D eigenvalue weighted by atomic mass is 9.88. The van der Waals surface area contributed by atoms with E-state index in [1.807, 2.05) is 6.08 Å². The normalized spacial score (nSPS) is 38.8. The SMILES string of the molecule is CCCCCCCCCCCCC/C=C/[C@@H](O)[C@H](CO[C@@H]1OC(CO)[C@@H](O[C@@H]2OC(CO)[C@H](O)[C@H](O[C@@H]3OC(CO)[C@@H](O[C@@H]4OC(CO)[C@H](O)[C@H](O[C@@H]5OC(CO)[C@@H](O[C@@H]6OC(CO)[C@H](O)[C@H](O[C@]7(C(=O)O)CC(O)[C@@H](NC(C)=O)C([C@H](O)[C@H](O)CO)O7)C6O)[C@H](O)C5NC(C)=O)C4O)[C@H](O[C@H]4OC(C)[C@@H](O)C(O)[C@@H]4O)C3NC(C)=O)C2O)[C@H](O)C1O)NC(=O)CCCCCCCCCCCCCCCCC. The lowest BCUT2D eigenvalue weighted by Gasteiger charge is -2.52. The fraction of sp³-hybridized carbons (Fsp3) is 0.925.